The molecule has 3 rings (SSSR count). The topological polar surface area (TPSA) is 80.0 Å². The summed E-state index contributed by atoms with van der Waals surface area (Å²) in [5.74, 6) is 0.217. The number of hydrogen-bond donors (Lipinski definition) is 2. The number of nitrogens with zero attached hydrogens (tertiary/aromatic N) is 3. The lowest BCUT2D eigenvalue weighted by atomic mass is 9.96. The van der Waals surface area contributed by atoms with E-state index in [4.69, 9.17) is 0 Å². The molecule has 1 aliphatic heterocycles. The van der Waals surface area contributed by atoms with Crippen LogP contribution in [-0.4, -0.2) is 25.8 Å². The number of anilines is 1. The van der Waals surface area contributed by atoms with Gasteiger partial charge in [-0.1, -0.05) is 30.3 Å². The standard InChI is InChI=1S/C14H14N4O2/c1-8-11(13(19)20)12(10-6-4-3-5-7-10)18-14(15-8)16-9(2)17-18/h3-7,12H,1-2H3,(H,19,20)(H,15,16,17)/t12-/m1/s1. The first kappa shape index (κ1) is 12.4. The van der Waals surface area contributed by atoms with Crippen LogP contribution in [0, 0.1) is 6.92 Å². The van der Waals surface area contributed by atoms with Crippen LogP contribution in [0.15, 0.2) is 41.6 Å². The molecule has 0 bridgehead atoms. The Morgan fingerprint density at radius 1 is 1.30 bits per heavy atom. The first-order valence-corrected chi connectivity index (χ1v) is 6.27. The Balaban J connectivity index is 2.23. The second-order valence-corrected chi connectivity index (χ2v) is 4.71. The van der Waals surface area contributed by atoms with Crippen LogP contribution in [0.1, 0.15) is 24.4 Å². The van der Waals surface area contributed by atoms with Gasteiger partial charge >= 0.3 is 5.97 Å². The van der Waals surface area contributed by atoms with Gasteiger partial charge in [-0.2, -0.15) is 10.1 Å². The second-order valence-electron chi connectivity index (χ2n) is 4.71. The molecule has 102 valence electrons. The van der Waals surface area contributed by atoms with E-state index >= 15 is 0 Å². The fourth-order valence-electron chi connectivity index (χ4n) is 2.48. The normalized spacial score (nSPS) is 17.6. The van der Waals surface area contributed by atoms with Crippen molar-refractivity contribution in [1.29, 1.82) is 0 Å². The molecule has 0 aliphatic carbocycles. The maximum absolute atomic E-state index is 11.6. The van der Waals surface area contributed by atoms with Crippen molar-refractivity contribution >= 4 is 11.9 Å². The van der Waals surface area contributed by atoms with Crippen LogP contribution in [0.4, 0.5) is 5.95 Å². The summed E-state index contributed by atoms with van der Waals surface area (Å²) >= 11 is 0. The Morgan fingerprint density at radius 3 is 2.65 bits per heavy atom. The van der Waals surface area contributed by atoms with Crippen LogP contribution in [-0.2, 0) is 4.79 Å². The molecule has 0 amide bonds. The van der Waals surface area contributed by atoms with E-state index in [-0.39, 0.29) is 5.57 Å². The fraction of sp³-hybridized carbons (Fsp3) is 0.214. The molecule has 0 spiro atoms. The van der Waals surface area contributed by atoms with Crippen molar-refractivity contribution in [2.45, 2.75) is 19.9 Å². The van der Waals surface area contributed by atoms with Crippen molar-refractivity contribution in [2.24, 2.45) is 0 Å². The number of fused-ring (bicyclic) bond motifs is 1. The van der Waals surface area contributed by atoms with Gasteiger partial charge in [-0.15, -0.1) is 0 Å². The zero-order valence-electron chi connectivity index (χ0n) is 11.2. The van der Waals surface area contributed by atoms with E-state index in [1.54, 1.807) is 18.5 Å². The summed E-state index contributed by atoms with van der Waals surface area (Å²) in [7, 11) is 0. The molecule has 0 unspecified atom stereocenters. The van der Waals surface area contributed by atoms with Gasteiger partial charge in [-0.25, -0.2) is 9.48 Å². The number of benzene rings is 1. The van der Waals surface area contributed by atoms with Crippen LogP contribution < -0.4 is 5.32 Å². The minimum absolute atomic E-state index is 0.286. The lowest BCUT2D eigenvalue weighted by molar-refractivity contribution is -0.133. The van der Waals surface area contributed by atoms with Gasteiger partial charge in [0.1, 0.15) is 11.9 Å². The number of nitrogens with one attached hydrogen (secondary N) is 1. The monoisotopic (exact) mass is 270 g/mol. The molecule has 2 aromatic rings. The second kappa shape index (κ2) is 4.48. The third kappa shape index (κ3) is 1.85. The molecule has 1 aliphatic rings. The Bertz CT molecular complexity index is 703. The number of allylic oxidation sites excluding steroid dienone is 1. The maximum Gasteiger partial charge on any atom is 0.335 e. The van der Waals surface area contributed by atoms with Crippen LogP contribution in [0.3, 0.4) is 0 Å². The summed E-state index contributed by atoms with van der Waals surface area (Å²) in [4.78, 5) is 15.9. The summed E-state index contributed by atoms with van der Waals surface area (Å²) in [5, 5.41) is 16.8. The smallest absolute Gasteiger partial charge is 0.335 e. The average Bonchev–Trinajstić information content (AvgIpc) is 2.77. The van der Waals surface area contributed by atoms with E-state index in [0.717, 1.165) is 5.56 Å². The first-order chi connectivity index (χ1) is 9.58. The number of carboxylic acid groups (broad SMARTS) is 1. The minimum atomic E-state index is -0.956. The third-order valence-electron chi connectivity index (χ3n) is 3.30. The van der Waals surface area contributed by atoms with E-state index in [1.807, 2.05) is 30.3 Å². The van der Waals surface area contributed by atoms with Gasteiger partial charge in [0.2, 0.25) is 5.95 Å². The van der Waals surface area contributed by atoms with E-state index in [1.165, 1.54) is 0 Å². The first-order valence-electron chi connectivity index (χ1n) is 6.27. The molecular formula is C14H14N4O2. The van der Waals surface area contributed by atoms with Gasteiger partial charge in [-0.3, -0.25) is 0 Å². The predicted octanol–water partition coefficient (Wildman–Crippen LogP) is 1.96. The Hall–Kier alpha value is -2.63. The van der Waals surface area contributed by atoms with Crippen LogP contribution >= 0.6 is 0 Å². The Kier molecular flexibility index (Phi) is 2.78. The molecule has 1 atom stereocenters. The van der Waals surface area contributed by atoms with Gasteiger partial charge in [0.25, 0.3) is 0 Å². The number of hydrogen-bond acceptors (Lipinski definition) is 4. The number of rotatable bonds is 2. The summed E-state index contributed by atoms with van der Waals surface area (Å²) in [6.07, 6.45) is 0. The lowest BCUT2D eigenvalue weighted by Crippen LogP contribution is -2.28. The number of aliphatic carboxylic acids is 1. The number of aromatic nitrogens is 3. The number of carbonyl (C=O) groups is 1. The summed E-state index contributed by atoms with van der Waals surface area (Å²) in [6.45, 7) is 3.53. The number of aryl methyl sites for hydroxylation is 1. The molecule has 1 aromatic heterocycles. The largest absolute Gasteiger partial charge is 0.478 e. The van der Waals surface area contributed by atoms with Crippen molar-refractivity contribution in [3.05, 3.63) is 53.0 Å². The Labute approximate surface area is 115 Å². The molecule has 6 nitrogen and oxygen atoms in total. The fourth-order valence-corrected chi connectivity index (χ4v) is 2.48. The van der Waals surface area contributed by atoms with Crippen LogP contribution in [0.25, 0.3) is 0 Å². The summed E-state index contributed by atoms with van der Waals surface area (Å²) in [5.41, 5.74) is 1.75. The molecule has 2 heterocycles. The molecule has 0 saturated heterocycles. The number of carboxylic acids is 1. The molecule has 20 heavy (non-hydrogen) atoms. The molecule has 0 fully saturated rings. The third-order valence-corrected chi connectivity index (χ3v) is 3.30. The minimum Gasteiger partial charge on any atom is -0.478 e. The van der Waals surface area contributed by atoms with E-state index in [0.29, 0.717) is 17.5 Å². The highest BCUT2D eigenvalue weighted by atomic mass is 16.4. The van der Waals surface area contributed by atoms with Crippen molar-refractivity contribution in [1.82, 2.24) is 14.8 Å². The molecule has 1 aromatic carbocycles. The molecule has 0 saturated carbocycles. The zero-order chi connectivity index (χ0) is 14.3. The van der Waals surface area contributed by atoms with Crippen molar-refractivity contribution in [3.63, 3.8) is 0 Å². The van der Waals surface area contributed by atoms with Gasteiger partial charge < -0.3 is 10.4 Å². The van der Waals surface area contributed by atoms with Gasteiger partial charge in [0.05, 0.1) is 5.57 Å². The summed E-state index contributed by atoms with van der Waals surface area (Å²) in [6, 6.07) is 8.99. The zero-order valence-corrected chi connectivity index (χ0v) is 11.2. The quantitative estimate of drug-likeness (QED) is 0.872. The van der Waals surface area contributed by atoms with Crippen LogP contribution in [0.5, 0.6) is 0 Å². The van der Waals surface area contributed by atoms with Gasteiger partial charge in [0, 0.05) is 5.70 Å². The maximum atomic E-state index is 11.6. The molecule has 6 heteroatoms. The molecule has 2 N–H and O–H groups in total. The lowest BCUT2D eigenvalue weighted by Gasteiger charge is -2.27. The highest BCUT2D eigenvalue weighted by Crippen LogP contribution is 2.34. The van der Waals surface area contributed by atoms with Crippen molar-refractivity contribution in [2.75, 3.05) is 5.32 Å². The van der Waals surface area contributed by atoms with E-state index in [9.17, 15) is 9.90 Å². The van der Waals surface area contributed by atoms with Crippen molar-refractivity contribution in [3.8, 4) is 0 Å². The molecular weight excluding hydrogens is 256 g/mol. The van der Waals surface area contributed by atoms with E-state index < -0.39 is 12.0 Å². The Morgan fingerprint density at radius 2 is 2.00 bits per heavy atom. The summed E-state index contributed by atoms with van der Waals surface area (Å²) < 4.78 is 1.63. The van der Waals surface area contributed by atoms with Crippen LogP contribution in [0.2, 0.25) is 0 Å². The molecule has 0 radical (unpaired) electrons. The highest BCUT2D eigenvalue weighted by Gasteiger charge is 2.33. The van der Waals surface area contributed by atoms with Crippen molar-refractivity contribution < 1.29 is 9.90 Å². The predicted molar refractivity (Wildman–Crippen MR) is 73.3 cm³/mol. The van der Waals surface area contributed by atoms with Gasteiger partial charge in [-0.05, 0) is 19.4 Å². The average molecular weight is 270 g/mol. The van der Waals surface area contributed by atoms with E-state index in [2.05, 4.69) is 15.4 Å². The SMILES string of the molecule is CC1=C(C(=O)O)[C@@H](c2ccccc2)n2nc(C)nc2N1. The van der Waals surface area contributed by atoms with Gasteiger partial charge in [0.15, 0.2) is 0 Å². The highest BCUT2D eigenvalue weighted by molar-refractivity contribution is 5.90.